The molecule has 5 heteroatoms. The molecule has 0 atom stereocenters. The number of thiophene rings is 1. The lowest BCUT2D eigenvalue weighted by Gasteiger charge is -2.11. The predicted octanol–water partition coefficient (Wildman–Crippen LogP) is 5.24. The van der Waals surface area contributed by atoms with Gasteiger partial charge in [0, 0.05) is 35.4 Å². The fourth-order valence-electron chi connectivity index (χ4n) is 3.07. The predicted molar refractivity (Wildman–Crippen MR) is 108 cm³/mol. The molecule has 2 heterocycles. The molecule has 3 rings (SSSR count). The first-order chi connectivity index (χ1) is 12.5. The van der Waals surface area contributed by atoms with Crippen LogP contribution in [0.3, 0.4) is 0 Å². The van der Waals surface area contributed by atoms with Gasteiger partial charge in [0.2, 0.25) is 0 Å². The van der Waals surface area contributed by atoms with E-state index in [0.29, 0.717) is 5.92 Å². The number of anilines is 1. The molecule has 0 unspecified atom stereocenters. The third-order valence-corrected chi connectivity index (χ3v) is 5.52. The Bertz CT molecular complexity index is 908. The van der Waals surface area contributed by atoms with Crippen molar-refractivity contribution in [2.45, 2.75) is 46.6 Å². The van der Waals surface area contributed by atoms with Crippen LogP contribution < -0.4 is 5.32 Å². The molecule has 0 radical (unpaired) electrons. The third kappa shape index (κ3) is 4.05. The molecule has 1 N–H and O–H groups in total. The molecule has 0 spiro atoms. The van der Waals surface area contributed by atoms with Crippen molar-refractivity contribution < 1.29 is 4.79 Å². The molecular formula is C21H25N3OS. The van der Waals surface area contributed by atoms with Gasteiger partial charge in [-0.3, -0.25) is 4.79 Å². The molecule has 3 aromatic rings. The van der Waals surface area contributed by atoms with E-state index in [0.717, 1.165) is 34.9 Å². The molecule has 0 saturated heterocycles. The van der Waals surface area contributed by atoms with Crippen molar-refractivity contribution in [3.63, 3.8) is 0 Å². The fourth-order valence-corrected chi connectivity index (χ4v) is 4.08. The van der Waals surface area contributed by atoms with Gasteiger partial charge in [0.25, 0.3) is 5.91 Å². The Balaban J connectivity index is 1.74. The molecular weight excluding hydrogens is 342 g/mol. The minimum Gasteiger partial charge on any atom is -0.330 e. The van der Waals surface area contributed by atoms with E-state index in [2.05, 4.69) is 48.6 Å². The summed E-state index contributed by atoms with van der Waals surface area (Å²) in [5.41, 5.74) is 3.21. The van der Waals surface area contributed by atoms with E-state index < -0.39 is 0 Å². The molecule has 26 heavy (non-hydrogen) atoms. The summed E-state index contributed by atoms with van der Waals surface area (Å²) in [4.78, 5) is 19.0. The molecule has 0 fully saturated rings. The second kappa shape index (κ2) is 7.87. The number of carbonyl (C=O) groups excluding carboxylic acids is 1. The molecule has 0 bridgehead atoms. The summed E-state index contributed by atoms with van der Waals surface area (Å²) in [5.74, 6) is 1.41. The first-order valence-corrected chi connectivity index (χ1v) is 9.80. The topological polar surface area (TPSA) is 46.9 Å². The maximum atomic E-state index is 12.6. The van der Waals surface area contributed by atoms with Crippen molar-refractivity contribution in [2.24, 2.45) is 0 Å². The summed E-state index contributed by atoms with van der Waals surface area (Å²) < 4.78 is 2.15. The number of imidazole rings is 1. The SMILES string of the molecule is CCc1cc(C(=O)Nc2cccc(Cn3ccnc3C(C)C)c2)sc1C. The number of carbonyl (C=O) groups is 1. The molecule has 2 aromatic heterocycles. The van der Waals surface area contributed by atoms with Gasteiger partial charge >= 0.3 is 0 Å². The second-order valence-corrected chi connectivity index (χ2v) is 8.02. The van der Waals surface area contributed by atoms with Gasteiger partial charge in [-0.1, -0.05) is 32.9 Å². The maximum Gasteiger partial charge on any atom is 0.265 e. The molecule has 0 aliphatic heterocycles. The smallest absolute Gasteiger partial charge is 0.265 e. The van der Waals surface area contributed by atoms with Gasteiger partial charge < -0.3 is 9.88 Å². The Hall–Kier alpha value is -2.40. The van der Waals surface area contributed by atoms with Crippen molar-refractivity contribution in [3.05, 3.63) is 69.4 Å². The molecule has 0 saturated carbocycles. The summed E-state index contributed by atoms with van der Waals surface area (Å²) in [7, 11) is 0. The van der Waals surface area contributed by atoms with Gasteiger partial charge in [0.05, 0.1) is 4.88 Å². The fraction of sp³-hybridized carbons (Fsp3) is 0.333. The summed E-state index contributed by atoms with van der Waals surface area (Å²) in [6.07, 6.45) is 4.79. The van der Waals surface area contributed by atoms with Crippen LogP contribution in [-0.4, -0.2) is 15.5 Å². The first kappa shape index (κ1) is 18.4. The second-order valence-electron chi connectivity index (χ2n) is 6.77. The summed E-state index contributed by atoms with van der Waals surface area (Å²) in [5, 5.41) is 3.03. The van der Waals surface area contributed by atoms with Crippen molar-refractivity contribution in [1.29, 1.82) is 0 Å². The number of nitrogens with one attached hydrogen (secondary N) is 1. The maximum absolute atomic E-state index is 12.6. The summed E-state index contributed by atoms with van der Waals surface area (Å²) in [6, 6.07) is 10.0. The largest absolute Gasteiger partial charge is 0.330 e. The zero-order chi connectivity index (χ0) is 18.7. The Morgan fingerprint density at radius 1 is 1.31 bits per heavy atom. The molecule has 1 aromatic carbocycles. The lowest BCUT2D eigenvalue weighted by molar-refractivity contribution is 0.103. The Kier molecular flexibility index (Phi) is 5.57. The van der Waals surface area contributed by atoms with E-state index in [9.17, 15) is 4.79 Å². The van der Waals surface area contributed by atoms with Crippen molar-refractivity contribution in [3.8, 4) is 0 Å². The highest BCUT2D eigenvalue weighted by Crippen LogP contribution is 2.23. The van der Waals surface area contributed by atoms with Crippen molar-refractivity contribution in [1.82, 2.24) is 9.55 Å². The summed E-state index contributed by atoms with van der Waals surface area (Å²) in [6.45, 7) is 9.21. The van der Waals surface area contributed by atoms with Gasteiger partial charge in [-0.05, 0) is 42.7 Å². The monoisotopic (exact) mass is 367 g/mol. The molecule has 0 aliphatic carbocycles. The number of nitrogens with zero attached hydrogens (tertiary/aromatic N) is 2. The van der Waals surface area contributed by atoms with E-state index in [4.69, 9.17) is 0 Å². The lowest BCUT2D eigenvalue weighted by atomic mass is 10.1. The van der Waals surface area contributed by atoms with E-state index in [-0.39, 0.29) is 5.91 Å². The zero-order valence-corrected chi connectivity index (χ0v) is 16.6. The number of rotatable bonds is 6. The quantitative estimate of drug-likeness (QED) is 0.648. The number of benzene rings is 1. The van der Waals surface area contributed by atoms with Crippen LogP contribution in [0.15, 0.2) is 42.7 Å². The average molecular weight is 368 g/mol. The minimum atomic E-state index is -0.0412. The molecule has 1 amide bonds. The van der Waals surface area contributed by atoms with Crippen LogP contribution in [0.2, 0.25) is 0 Å². The van der Waals surface area contributed by atoms with Crippen LogP contribution in [0, 0.1) is 6.92 Å². The van der Waals surface area contributed by atoms with Gasteiger partial charge in [-0.15, -0.1) is 11.3 Å². The number of aryl methyl sites for hydroxylation is 2. The number of hydrogen-bond acceptors (Lipinski definition) is 3. The van der Waals surface area contributed by atoms with Crippen LogP contribution in [-0.2, 0) is 13.0 Å². The van der Waals surface area contributed by atoms with Gasteiger partial charge in [0.15, 0.2) is 0 Å². The van der Waals surface area contributed by atoms with Crippen LogP contribution >= 0.6 is 11.3 Å². The molecule has 4 nitrogen and oxygen atoms in total. The number of hydrogen-bond donors (Lipinski definition) is 1. The zero-order valence-electron chi connectivity index (χ0n) is 15.7. The minimum absolute atomic E-state index is 0.0412. The van der Waals surface area contributed by atoms with Crippen molar-refractivity contribution >= 4 is 22.9 Å². The van der Waals surface area contributed by atoms with Crippen LogP contribution in [0.1, 0.15) is 58.2 Å². The highest BCUT2D eigenvalue weighted by molar-refractivity contribution is 7.14. The summed E-state index contributed by atoms with van der Waals surface area (Å²) >= 11 is 1.56. The highest BCUT2D eigenvalue weighted by atomic mass is 32.1. The Labute approximate surface area is 158 Å². The Morgan fingerprint density at radius 3 is 2.81 bits per heavy atom. The van der Waals surface area contributed by atoms with E-state index >= 15 is 0 Å². The number of amides is 1. The Morgan fingerprint density at radius 2 is 2.12 bits per heavy atom. The van der Waals surface area contributed by atoms with Crippen LogP contribution in [0.4, 0.5) is 5.69 Å². The van der Waals surface area contributed by atoms with E-state index in [1.165, 1.54) is 10.4 Å². The van der Waals surface area contributed by atoms with Crippen molar-refractivity contribution in [2.75, 3.05) is 5.32 Å². The highest BCUT2D eigenvalue weighted by Gasteiger charge is 2.12. The van der Waals surface area contributed by atoms with Crippen LogP contribution in [0.5, 0.6) is 0 Å². The molecule has 0 aliphatic rings. The van der Waals surface area contributed by atoms with E-state index in [1.54, 1.807) is 11.3 Å². The normalized spacial score (nSPS) is 11.1. The average Bonchev–Trinajstić information content (AvgIpc) is 3.21. The van der Waals surface area contributed by atoms with Gasteiger partial charge in [-0.2, -0.15) is 0 Å². The first-order valence-electron chi connectivity index (χ1n) is 8.98. The lowest BCUT2D eigenvalue weighted by Crippen LogP contribution is -2.11. The van der Waals surface area contributed by atoms with Gasteiger partial charge in [0.1, 0.15) is 5.82 Å². The van der Waals surface area contributed by atoms with Gasteiger partial charge in [-0.25, -0.2) is 4.98 Å². The molecule has 136 valence electrons. The van der Waals surface area contributed by atoms with E-state index in [1.807, 2.05) is 36.7 Å². The standard InChI is InChI=1S/C21H25N3OS/c1-5-17-12-19(26-15(17)4)21(25)23-18-8-6-7-16(11-18)13-24-10-9-22-20(24)14(2)3/h6-12,14H,5,13H2,1-4H3,(H,23,25). The number of aromatic nitrogens is 2. The van der Waals surface area contributed by atoms with Crippen LogP contribution in [0.25, 0.3) is 0 Å². The third-order valence-electron chi connectivity index (χ3n) is 4.43.